The molecular weight excluding hydrogens is 416 g/mol. The third kappa shape index (κ3) is 3.23. The van der Waals surface area contributed by atoms with E-state index >= 15 is 0 Å². The second-order valence-electron chi connectivity index (χ2n) is 5.66. The van der Waals surface area contributed by atoms with Crippen LogP contribution in [0.15, 0.2) is 54.7 Å². The monoisotopic (exact) mass is 424 g/mol. The molecule has 0 saturated heterocycles. The molecule has 0 aliphatic carbocycles. The summed E-state index contributed by atoms with van der Waals surface area (Å²) in [5.74, 6) is -0.102. The van der Waals surface area contributed by atoms with Crippen LogP contribution in [0.4, 0.5) is 13.2 Å². The Balaban J connectivity index is 1.94. The first-order chi connectivity index (χ1) is 13.4. The normalized spacial score (nSPS) is 11.8. The second-order valence-corrected chi connectivity index (χ2v) is 6.51. The maximum absolute atomic E-state index is 14.0. The predicted octanol–water partition coefficient (Wildman–Crippen LogP) is 4.84. The molecule has 0 aliphatic heterocycles. The van der Waals surface area contributed by atoms with E-state index in [1.165, 1.54) is 22.9 Å². The first-order valence-electron chi connectivity index (χ1n) is 7.81. The lowest BCUT2D eigenvalue weighted by Crippen LogP contribution is -2.15. The Hall–Kier alpha value is -2.91. The van der Waals surface area contributed by atoms with E-state index in [4.69, 9.17) is 23.2 Å². The Morgan fingerprint density at radius 1 is 0.929 bits per heavy atom. The lowest BCUT2D eigenvalue weighted by atomic mass is 10.2. The van der Waals surface area contributed by atoms with Crippen LogP contribution in [0, 0.1) is 0 Å². The van der Waals surface area contributed by atoms with Crippen molar-refractivity contribution >= 4 is 23.2 Å². The van der Waals surface area contributed by atoms with Crippen LogP contribution < -0.4 is 0 Å². The van der Waals surface area contributed by atoms with Crippen molar-refractivity contribution in [3.05, 3.63) is 70.5 Å². The molecule has 0 bridgehead atoms. The second kappa shape index (κ2) is 6.92. The van der Waals surface area contributed by atoms with E-state index < -0.39 is 11.9 Å². The fraction of sp³-hybridized carbons (Fsp3) is 0.0588. The van der Waals surface area contributed by atoms with Crippen molar-refractivity contribution in [2.24, 2.45) is 0 Å². The maximum Gasteiger partial charge on any atom is 0.434 e. The first kappa shape index (κ1) is 18.5. The number of benzene rings is 2. The van der Waals surface area contributed by atoms with Gasteiger partial charge in [0.05, 0.1) is 28.2 Å². The van der Waals surface area contributed by atoms with E-state index in [9.17, 15) is 13.2 Å². The highest BCUT2D eigenvalue weighted by Crippen LogP contribution is 2.39. The quantitative estimate of drug-likeness (QED) is 0.471. The molecule has 0 atom stereocenters. The van der Waals surface area contributed by atoms with Crippen LogP contribution in [-0.4, -0.2) is 30.0 Å². The van der Waals surface area contributed by atoms with E-state index in [2.05, 4.69) is 20.6 Å². The number of tetrazole rings is 1. The van der Waals surface area contributed by atoms with Gasteiger partial charge in [0.2, 0.25) is 0 Å². The molecule has 0 spiro atoms. The molecule has 0 aliphatic rings. The number of rotatable bonds is 3. The van der Waals surface area contributed by atoms with Crippen LogP contribution in [0.5, 0.6) is 0 Å². The molecule has 142 valence electrons. The summed E-state index contributed by atoms with van der Waals surface area (Å²) in [6, 6.07) is 12.7. The zero-order valence-corrected chi connectivity index (χ0v) is 15.3. The smallest absolute Gasteiger partial charge is 0.226 e. The van der Waals surface area contributed by atoms with Gasteiger partial charge in [-0.1, -0.05) is 41.4 Å². The molecule has 11 heteroatoms. The zero-order chi connectivity index (χ0) is 19.9. The van der Waals surface area contributed by atoms with Gasteiger partial charge in [-0.25, -0.2) is 4.68 Å². The van der Waals surface area contributed by atoms with Gasteiger partial charge in [-0.2, -0.15) is 23.0 Å². The van der Waals surface area contributed by atoms with Crippen molar-refractivity contribution in [3.63, 3.8) is 0 Å². The van der Waals surface area contributed by atoms with Crippen LogP contribution in [0.3, 0.4) is 0 Å². The fourth-order valence-electron chi connectivity index (χ4n) is 2.72. The Kier molecular flexibility index (Phi) is 4.56. The average Bonchev–Trinajstić information content (AvgIpc) is 3.29. The summed E-state index contributed by atoms with van der Waals surface area (Å²) in [5, 5.41) is 15.3. The standard InChI is InChI=1S/C17H9Cl2F3N6/c18-10-6-7-14(13(19)8-10)28-15(17(20,21)22)12(9-23-28)16-24-25-26-27(16)11-4-2-1-3-5-11/h1-9H. The number of nitrogens with zero attached hydrogens (tertiary/aromatic N) is 6. The minimum absolute atomic E-state index is 0.0234. The summed E-state index contributed by atoms with van der Waals surface area (Å²) in [7, 11) is 0. The molecular formula is C17H9Cl2F3N6. The number of alkyl halides is 3. The van der Waals surface area contributed by atoms with Gasteiger partial charge in [0.15, 0.2) is 11.5 Å². The van der Waals surface area contributed by atoms with Crippen LogP contribution in [0.1, 0.15) is 5.69 Å². The molecule has 0 fully saturated rings. The van der Waals surface area contributed by atoms with Crippen molar-refractivity contribution in [2.45, 2.75) is 6.18 Å². The van der Waals surface area contributed by atoms with Crippen molar-refractivity contribution < 1.29 is 13.2 Å². The van der Waals surface area contributed by atoms with Gasteiger partial charge in [0, 0.05) is 5.02 Å². The summed E-state index contributed by atoms with van der Waals surface area (Å²) >= 11 is 11.9. The van der Waals surface area contributed by atoms with Crippen LogP contribution >= 0.6 is 23.2 Å². The molecule has 28 heavy (non-hydrogen) atoms. The summed E-state index contributed by atoms with van der Waals surface area (Å²) < 4.78 is 43.8. The molecule has 2 aromatic heterocycles. The predicted molar refractivity (Wildman–Crippen MR) is 96.7 cm³/mol. The molecule has 0 radical (unpaired) electrons. The molecule has 2 heterocycles. The van der Waals surface area contributed by atoms with Crippen LogP contribution in [0.2, 0.25) is 10.0 Å². The molecule has 4 rings (SSSR count). The van der Waals surface area contributed by atoms with Crippen molar-refractivity contribution in [1.29, 1.82) is 0 Å². The Morgan fingerprint density at radius 2 is 1.68 bits per heavy atom. The van der Waals surface area contributed by atoms with E-state index in [0.717, 1.165) is 6.20 Å². The third-order valence-electron chi connectivity index (χ3n) is 3.89. The van der Waals surface area contributed by atoms with E-state index in [-0.39, 0.29) is 22.1 Å². The third-order valence-corrected chi connectivity index (χ3v) is 4.42. The van der Waals surface area contributed by atoms with Crippen molar-refractivity contribution in [2.75, 3.05) is 0 Å². The maximum atomic E-state index is 14.0. The van der Waals surface area contributed by atoms with E-state index in [1.807, 2.05) is 0 Å². The van der Waals surface area contributed by atoms with Gasteiger partial charge in [0.25, 0.3) is 0 Å². The lowest BCUT2D eigenvalue weighted by molar-refractivity contribution is -0.142. The topological polar surface area (TPSA) is 61.4 Å². The number of halogens is 5. The first-order valence-corrected chi connectivity index (χ1v) is 8.56. The minimum Gasteiger partial charge on any atom is -0.226 e. The van der Waals surface area contributed by atoms with Gasteiger partial charge in [-0.15, -0.1) is 5.10 Å². The Labute approximate surface area is 166 Å². The van der Waals surface area contributed by atoms with Crippen molar-refractivity contribution in [1.82, 2.24) is 30.0 Å². The molecule has 6 nitrogen and oxygen atoms in total. The SMILES string of the molecule is FC(F)(F)c1c(-c2nnnn2-c2ccccc2)cnn1-c1ccc(Cl)cc1Cl. The molecule has 0 saturated carbocycles. The highest BCUT2D eigenvalue weighted by atomic mass is 35.5. The molecule has 4 aromatic rings. The average molecular weight is 425 g/mol. The Bertz CT molecular complexity index is 1140. The minimum atomic E-state index is -4.75. The highest BCUT2D eigenvalue weighted by Gasteiger charge is 2.40. The summed E-state index contributed by atoms with van der Waals surface area (Å²) in [5.41, 5.74) is -0.799. The Morgan fingerprint density at radius 3 is 2.36 bits per heavy atom. The van der Waals surface area contributed by atoms with Gasteiger partial charge in [-0.3, -0.25) is 0 Å². The highest BCUT2D eigenvalue weighted by molar-refractivity contribution is 6.35. The molecule has 0 amide bonds. The lowest BCUT2D eigenvalue weighted by Gasteiger charge is -2.14. The fourth-order valence-corrected chi connectivity index (χ4v) is 3.21. The van der Waals surface area contributed by atoms with Crippen LogP contribution in [-0.2, 0) is 6.18 Å². The van der Waals surface area contributed by atoms with Gasteiger partial charge >= 0.3 is 6.18 Å². The number of hydrogen-bond acceptors (Lipinski definition) is 4. The number of hydrogen-bond donors (Lipinski definition) is 0. The number of aromatic nitrogens is 6. The number of para-hydroxylation sites is 1. The van der Waals surface area contributed by atoms with Crippen molar-refractivity contribution in [3.8, 4) is 22.8 Å². The van der Waals surface area contributed by atoms with E-state index in [1.54, 1.807) is 30.3 Å². The summed E-state index contributed by atoms with van der Waals surface area (Å²) in [6.07, 6.45) is -3.69. The zero-order valence-electron chi connectivity index (χ0n) is 13.8. The van der Waals surface area contributed by atoms with Gasteiger partial charge < -0.3 is 0 Å². The molecule has 0 unspecified atom stereocenters. The molecule has 0 N–H and O–H groups in total. The summed E-state index contributed by atoms with van der Waals surface area (Å²) in [4.78, 5) is 0. The van der Waals surface area contributed by atoms with Crippen LogP contribution in [0.25, 0.3) is 22.8 Å². The van der Waals surface area contributed by atoms with Gasteiger partial charge in [0.1, 0.15) is 0 Å². The largest absolute Gasteiger partial charge is 0.434 e. The van der Waals surface area contributed by atoms with E-state index in [0.29, 0.717) is 15.4 Å². The molecule has 2 aromatic carbocycles. The van der Waals surface area contributed by atoms with Gasteiger partial charge in [-0.05, 0) is 40.8 Å². The summed E-state index contributed by atoms with van der Waals surface area (Å²) in [6.45, 7) is 0.